The molecular formula is C31H46N2O2S2Si. The molecule has 0 aliphatic carbocycles. The number of rotatable bonds is 5. The molecule has 0 aromatic heterocycles. The first kappa shape index (κ1) is 28.3. The van der Waals surface area contributed by atoms with Crippen LogP contribution in [0.15, 0.2) is 42.5 Å². The minimum atomic E-state index is -2.48. The second-order valence-corrected chi connectivity index (χ2v) is 20.8. The van der Waals surface area contributed by atoms with Gasteiger partial charge in [0.2, 0.25) is 14.2 Å². The Bertz CT molecular complexity index is 1130. The average molecular weight is 571 g/mol. The molecule has 1 spiro atoms. The summed E-state index contributed by atoms with van der Waals surface area (Å²) in [4.78, 5) is 27.9. The van der Waals surface area contributed by atoms with E-state index >= 15 is 0 Å². The van der Waals surface area contributed by atoms with Crippen molar-refractivity contribution >= 4 is 41.2 Å². The molecule has 0 radical (unpaired) electrons. The lowest BCUT2D eigenvalue weighted by Gasteiger charge is -2.48. The van der Waals surface area contributed by atoms with Crippen LogP contribution < -0.4 is 10.9 Å². The van der Waals surface area contributed by atoms with E-state index in [0.717, 1.165) is 31.1 Å². The first-order valence-electron chi connectivity index (χ1n) is 14.5. The minimum Gasteiger partial charge on any atom is -0.428 e. The molecule has 2 atom stereocenters. The summed E-state index contributed by atoms with van der Waals surface area (Å²) >= 11 is 1.98. The van der Waals surface area contributed by atoms with Gasteiger partial charge < -0.3 is 15.4 Å². The first-order chi connectivity index (χ1) is 18.3. The average Bonchev–Trinajstić information content (AvgIpc) is 3.19. The number of thioether (sulfide) groups is 1. The monoisotopic (exact) mass is 570 g/mol. The van der Waals surface area contributed by atoms with Crippen LogP contribution in [0.5, 0.6) is 0 Å². The molecule has 2 aromatic carbocycles. The molecule has 3 aliphatic heterocycles. The Kier molecular flexibility index (Phi) is 8.70. The number of piperidine rings is 1. The Morgan fingerprint density at radius 3 is 2.34 bits per heavy atom. The summed E-state index contributed by atoms with van der Waals surface area (Å²) in [6, 6.07) is 15.4. The SMILES string of the molecule is CSC1c2ccc([Si](C)(C)O)cc2C(C(=O)N2CCC(c3cccc(CN)c3)CC2)S12CCCCCCC2. The Morgan fingerprint density at radius 2 is 1.71 bits per heavy atom. The van der Waals surface area contributed by atoms with Crippen molar-refractivity contribution in [1.82, 2.24) is 4.90 Å². The summed E-state index contributed by atoms with van der Waals surface area (Å²) in [5.74, 6) is 3.29. The molecule has 0 saturated carbocycles. The van der Waals surface area contributed by atoms with Crippen molar-refractivity contribution in [3.63, 3.8) is 0 Å². The molecule has 3 N–H and O–H groups in total. The molecule has 4 nitrogen and oxygen atoms in total. The highest BCUT2D eigenvalue weighted by atomic mass is 32.3. The summed E-state index contributed by atoms with van der Waals surface area (Å²) in [7, 11) is -3.68. The molecule has 208 valence electrons. The Hall–Kier alpha value is -1.25. The Labute approximate surface area is 236 Å². The number of hydrogen-bond acceptors (Lipinski definition) is 4. The second kappa shape index (κ2) is 11.7. The zero-order valence-electron chi connectivity index (χ0n) is 23.5. The molecule has 2 aromatic rings. The maximum Gasteiger partial charge on any atom is 0.238 e. The van der Waals surface area contributed by atoms with Crippen LogP contribution in [-0.4, -0.2) is 54.8 Å². The van der Waals surface area contributed by atoms with Gasteiger partial charge in [0, 0.05) is 19.6 Å². The van der Waals surface area contributed by atoms with Gasteiger partial charge in [0.1, 0.15) is 0 Å². The molecule has 38 heavy (non-hydrogen) atoms. The highest BCUT2D eigenvalue weighted by Gasteiger charge is 2.53. The molecule has 1 amide bonds. The van der Waals surface area contributed by atoms with E-state index in [0.29, 0.717) is 23.0 Å². The van der Waals surface area contributed by atoms with E-state index < -0.39 is 18.3 Å². The summed E-state index contributed by atoms with van der Waals surface area (Å²) in [5, 5.41) is 1.05. The van der Waals surface area contributed by atoms with Gasteiger partial charge in [-0.3, -0.25) is 4.79 Å². The lowest BCUT2D eigenvalue weighted by Crippen LogP contribution is -2.43. The van der Waals surface area contributed by atoms with E-state index in [2.05, 4.69) is 53.6 Å². The second-order valence-electron chi connectivity index (χ2n) is 12.1. The topological polar surface area (TPSA) is 66.6 Å². The van der Waals surface area contributed by atoms with Gasteiger partial charge in [-0.05, 0) is 89.9 Å². The third-order valence-corrected chi connectivity index (χ3v) is 17.9. The standard InChI is InChI=1S/C31H46N2O2S2Si/c1-36-31-27-13-12-26(38(2,3)35)21-28(27)29(37(31)18-7-5-4-6-8-19-37)30(34)33-16-14-24(15-17-33)25-11-9-10-23(20-25)22-32/h9-13,20-21,24,29,31,35H,4-8,14-19,22,32H2,1-3H3. The summed E-state index contributed by atoms with van der Waals surface area (Å²) in [5.41, 5.74) is 11.1. The van der Waals surface area contributed by atoms with E-state index in [-0.39, 0.29) is 5.25 Å². The normalized spacial score (nSPS) is 25.0. The number of hydrogen-bond donors (Lipinski definition) is 2. The van der Waals surface area contributed by atoms with E-state index in [1.165, 1.54) is 65.9 Å². The predicted molar refractivity (Wildman–Crippen MR) is 168 cm³/mol. The van der Waals surface area contributed by atoms with E-state index in [9.17, 15) is 9.59 Å². The van der Waals surface area contributed by atoms with Gasteiger partial charge in [0.25, 0.3) is 0 Å². The summed E-state index contributed by atoms with van der Waals surface area (Å²) in [6.45, 7) is 6.23. The number of carbonyl (C=O) groups is 1. The minimum absolute atomic E-state index is 0.0125. The van der Waals surface area contributed by atoms with Crippen molar-refractivity contribution in [1.29, 1.82) is 0 Å². The molecule has 3 heterocycles. The molecule has 2 fully saturated rings. The van der Waals surface area contributed by atoms with Crippen molar-refractivity contribution in [3.8, 4) is 0 Å². The van der Waals surface area contributed by atoms with Crippen LogP contribution in [0, 0.1) is 0 Å². The van der Waals surface area contributed by atoms with Crippen LogP contribution in [0.4, 0.5) is 0 Å². The number of nitrogens with two attached hydrogens (primary N) is 1. The summed E-state index contributed by atoms with van der Waals surface area (Å²) in [6.07, 6.45) is 10.7. The molecule has 2 unspecified atom stereocenters. The quantitative estimate of drug-likeness (QED) is 0.424. The lowest BCUT2D eigenvalue weighted by molar-refractivity contribution is -0.131. The largest absolute Gasteiger partial charge is 0.428 e. The van der Waals surface area contributed by atoms with Gasteiger partial charge in [-0.2, -0.15) is 0 Å². The Balaban J connectivity index is 1.47. The van der Waals surface area contributed by atoms with Gasteiger partial charge in [-0.25, -0.2) is 10.0 Å². The molecular weight excluding hydrogens is 525 g/mol. The smallest absolute Gasteiger partial charge is 0.238 e. The van der Waals surface area contributed by atoms with Crippen LogP contribution in [0.3, 0.4) is 0 Å². The van der Waals surface area contributed by atoms with Gasteiger partial charge >= 0.3 is 0 Å². The fourth-order valence-corrected chi connectivity index (χ4v) is 15.8. The third-order valence-electron chi connectivity index (χ3n) is 9.18. The fraction of sp³-hybridized carbons (Fsp3) is 0.581. The molecule has 2 saturated heterocycles. The van der Waals surface area contributed by atoms with E-state index in [4.69, 9.17) is 5.73 Å². The van der Waals surface area contributed by atoms with Crippen LogP contribution in [-0.2, 0) is 11.3 Å². The van der Waals surface area contributed by atoms with Crippen LogP contribution in [0.1, 0.15) is 82.9 Å². The zero-order chi connectivity index (χ0) is 26.9. The van der Waals surface area contributed by atoms with Gasteiger partial charge in [0.15, 0.2) is 0 Å². The number of likely N-dealkylation sites (tertiary alicyclic amines) is 1. The fourth-order valence-electron chi connectivity index (χ4n) is 7.08. The maximum atomic E-state index is 14.7. The van der Waals surface area contributed by atoms with Crippen LogP contribution in [0.2, 0.25) is 13.1 Å². The first-order valence-corrected chi connectivity index (χ1v) is 20.9. The van der Waals surface area contributed by atoms with E-state index in [1.807, 2.05) is 24.9 Å². The van der Waals surface area contributed by atoms with E-state index in [1.54, 1.807) is 0 Å². The van der Waals surface area contributed by atoms with Gasteiger partial charge in [-0.1, -0.05) is 61.7 Å². The van der Waals surface area contributed by atoms with Crippen LogP contribution >= 0.6 is 21.8 Å². The molecule has 0 bridgehead atoms. The number of amides is 1. The van der Waals surface area contributed by atoms with Gasteiger partial charge in [-0.15, -0.1) is 11.8 Å². The molecule has 7 heteroatoms. The molecule has 5 rings (SSSR count). The van der Waals surface area contributed by atoms with Gasteiger partial charge in [0.05, 0.1) is 9.83 Å². The highest BCUT2D eigenvalue weighted by Crippen LogP contribution is 2.78. The highest BCUT2D eigenvalue weighted by molar-refractivity contribution is 8.40. The molecule has 3 aliphatic rings. The number of carbonyl (C=O) groups excluding carboxylic acids is 1. The van der Waals surface area contributed by atoms with Crippen LogP contribution in [0.25, 0.3) is 0 Å². The van der Waals surface area contributed by atoms with Crippen molar-refractivity contribution in [3.05, 3.63) is 64.7 Å². The maximum absolute atomic E-state index is 14.7. The lowest BCUT2D eigenvalue weighted by atomic mass is 9.88. The predicted octanol–water partition coefficient (Wildman–Crippen LogP) is 6.14. The number of benzene rings is 2. The Morgan fingerprint density at radius 1 is 1.03 bits per heavy atom. The van der Waals surface area contributed by atoms with Crippen molar-refractivity contribution in [2.45, 2.75) is 80.3 Å². The number of fused-ring (bicyclic) bond motifs is 1. The zero-order valence-corrected chi connectivity index (χ0v) is 26.1. The summed E-state index contributed by atoms with van der Waals surface area (Å²) < 4.78 is 0.429. The van der Waals surface area contributed by atoms with Crippen molar-refractivity contribution in [2.24, 2.45) is 5.73 Å². The van der Waals surface area contributed by atoms with Crippen molar-refractivity contribution < 1.29 is 9.59 Å². The van der Waals surface area contributed by atoms with Crippen molar-refractivity contribution in [2.75, 3.05) is 30.9 Å². The number of nitrogens with zero attached hydrogens (tertiary/aromatic N) is 1. The third kappa shape index (κ3) is 5.38.